The van der Waals surface area contributed by atoms with Crippen molar-refractivity contribution < 1.29 is 13.2 Å². The van der Waals surface area contributed by atoms with Crippen molar-refractivity contribution in [2.75, 3.05) is 5.32 Å². The minimum Gasteiger partial charge on any atom is -0.319 e. The van der Waals surface area contributed by atoms with Crippen molar-refractivity contribution in [3.63, 3.8) is 0 Å². The monoisotopic (exact) mass is 375 g/mol. The van der Waals surface area contributed by atoms with Crippen LogP contribution in [0.1, 0.15) is 16.1 Å². The van der Waals surface area contributed by atoms with E-state index in [1.165, 1.54) is 24.7 Å². The molecule has 8 heteroatoms. The molecule has 1 aromatic carbocycles. The number of nitrogens with one attached hydrogen (secondary N) is 1. The van der Waals surface area contributed by atoms with Crippen molar-refractivity contribution >= 4 is 33.2 Å². The highest BCUT2D eigenvalue weighted by molar-refractivity contribution is 7.89. The van der Waals surface area contributed by atoms with Gasteiger partial charge in [-0.2, -0.15) is 0 Å². The average molecular weight is 376 g/mol. The van der Waals surface area contributed by atoms with Crippen LogP contribution >= 0.6 is 11.6 Å². The van der Waals surface area contributed by atoms with E-state index in [0.717, 1.165) is 3.97 Å². The van der Waals surface area contributed by atoms with E-state index in [2.05, 4.69) is 10.3 Å². The van der Waals surface area contributed by atoms with Gasteiger partial charge in [0, 0.05) is 23.6 Å². The molecule has 2 aromatic heterocycles. The first-order valence-corrected chi connectivity index (χ1v) is 9.31. The fraction of sp³-hybridized carbons (Fsp3) is 0.0588. The number of nitrogens with zero attached hydrogens (tertiary/aromatic N) is 2. The van der Waals surface area contributed by atoms with E-state index in [-0.39, 0.29) is 11.4 Å². The summed E-state index contributed by atoms with van der Waals surface area (Å²) in [5, 5.41) is 3.16. The number of hydrogen-bond donors (Lipinski definition) is 1. The highest BCUT2D eigenvalue weighted by Crippen LogP contribution is 2.16. The largest absolute Gasteiger partial charge is 0.319 e. The van der Waals surface area contributed by atoms with Crippen LogP contribution in [0.5, 0.6) is 0 Å². The second-order valence-electron chi connectivity index (χ2n) is 5.28. The number of anilines is 1. The van der Waals surface area contributed by atoms with E-state index in [0.29, 0.717) is 16.3 Å². The Morgan fingerprint density at radius 1 is 1.12 bits per heavy atom. The van der Waals surface area contributed by atoms with Crippen molar-refractivity contribution in [1.82, 2.24) is 8.96 Å². The van der Waals surface area contributed by atoms with E-state index in [1.54, 1.807) is 42.5 Å². The van der Waals surface area contributed by atoms with Crippen LogP contribution in [0.25, 0.3) is 0 Å². The Morgan fingerprint density at radius 3 is 2.56 bits per heavy atom. The van der Waals surface area contributed by atoms with E-state index < -0.39 is 15.9 Å². The number of pyridine rings is 1. The third kappa shape index (κ3) is 4.26. The maximum atomic E-state index is 12.5. The molecular weight excluding hydrogens is 362 g/mol. The van der Waals surface area contributed by atoms with Crippen LogP contribution in [0.2, 0.25) is 5.02 Å². The van der Waals surface area contributed by atoms with Gasteiger partial charge in [0.15, 0.2) is 0 Å². The van der Waals surface area contributed by atoms with Gasteiger partial charge >= 0.3 is 0 Å². The summed E-state index contributed by atoms with van der Waals surface area (Å²) in [7, 11) is -3.60. The van der Waals surface area contributed by atoms with E-state index >= 15 is 0 Å². The first-order chi connectivity index (χ1) is 11.9. The smallest absolute Gasteiger partial charge is 0.274 e. The molecule has 0 aliphatic rings. The molecule has 0 fully saturated rings. The van der Waals surface area contributed by atoms with Crippen molar-refractivity contribution in [1.29, 1.82) is 0 Å². The summed E-state index contributed by atoms with van der Waals surface area (Å²) in [5.41, 5.74) is 1.24. The molecule has 0 aliphatic carbocycles. The Balaban J connectivity index is 1.74. The lowest BCUT2D eigenvalue weighted by atomic mass is 10.2. The lowest BCUT2D eigenvalue weighted by Crippen LogP contribution is -2.14. The molecule has 0 aliphatic heterocycles. The summed E-state index contributed by atoms with van der Waals surface area (Å²) in [6.07, 6.45) is 4.25. The SMILES string of the molecule is O=C(Nc1ccn(S(=O)(=O)Cc2ccc(Cl)cc2)c1)c1ccccn1. The third-order valence-electron chi connectivity index (χ3n) is 3.41. The fourth-order valence-corrected chi connectivity index (χ4v) is 3.59. The lowest BCUT2D eigenvalue weighted by Gasteiger charge is -2.06. The molecular formula is C17H14ClN3O3S. The van der Waals surface area contributed by atoms with Crippen molar-refractivity contribution in [3.05, 3.63) is 83.4 Å². The molecule has 6 nitrogen and oxygen atoms in total. The predicted molar refractivity (Wildman–Crippen MR) is 96.1 cm³/mol. The maximum Gasteiger partial charge on any atom is 0.274 e. The molecule has 0 spiro atoms. The summed E-state index contributed by atoms with van der Waals surface area (Å²) in [5.74, 6) is -0.583. The summed E-state index contributed by atoms with van der Waals surface area (Å²) in [6, 6.07) is 13.1. The third-order valence-corrected chi connectivity index (χ3v) is 5.23. The van der Waals surface area contributed by atoms with E-state index in [9.17, 15) is 13.2 Å². The fourth-order valence-electron chi connectivity index (χ4n) is 2.18. The van der Waals surface area contributed by atoms with Crippen LogP contribution in [0, 0.1) is 0 Å². The number of hydrogen-bond acceptors (Lipinski definition) is 4. The Labute approximate surface area is 150 Å². The minimum absolute atomic E-state index is 0.174. The Morgan fingerprint density at radius 2 is 1.88 bits per heavy atom. The number of aromatic nitrogens is 2. The summed E-state index contributed by atoms with van der Waals surface area (Å²) < 4.78 is 26.0. The van der Waals surface area contributed by atoms with Gasteiger partial charge in [-0.25, -0.2) is 8.42 Å². The van der Waals surface area contributed by atoms with Crippen LogP contribution < -0.4 is 5.32 Å². The van der Waals surface area contributed by atoms with Gasteiger partial charge in [-0.05, 0) is 35.9 Å². The Hall–Kier alpha value is -2.64. The zero-order valence-electron chi connectivity index (χ0n) is 13.0. The zero-order valence-corrected chi connectivity index (χ0v) is 14.5. The molecule has 0 saturated heterocycles. The quantitative estimate of drug-likeness (QED) is 0.742. The molecule has 128 valence electrons. The van der Waals surface area contributed by atoms with Crippen LogP contribution in [0.15, 0.2) is 67.1 Å². The minimum atomic E-state index is -3.60. The van der Waals surface area contributed by atoms with Gasteiger partial charge < -0.3 is 5.32 Å². The van der Waals surface area contributed by atoms with Gasteiger partial charge in [0.05, 0.1) is 11.4 Å². The number of carbonyl (C=O) groups excluding carboxylic acids is 1. The second-order valence-corrected chi connectivity index (χ2v) is 7.59. The van der Waals surface area contributed by atoms with E-state index in [4.69, 9.17) is 11.6 Å². The van der Waals surface area contributed by atoms with Gasteiger partial charge in [-0.1, -0.05) is 29.8 Å². The number of amides is 1. The molecule has 0 radical (unpaired) electrons. The van der Waals surface area contributed by atoms with Gasteiger partial charge in [0.1, 0.15) is 5.69 Å². The molecule has 3 aromatic rings. The molecule has 2 heterocycles. The van der Waals surface area contributed by atoms with Gasteiger partial charge in [-0.3, -0.25) is 13.8 Å². The van der Waals surface area contributed by atoms with Gasteiger partial charge in [0.2, 0.25) is 10.0 Å². The number of halogens is 1. The second kappa shape index (κ2) is 7.08. The van der Waals surface area contributed by atoms with Crippen LogP contribution in [-0.4, -0.2) is 23.3 Å². The highest BCUT2D eigenvalue weighted by Gasteiger charge is 2.16. The topological polar surface area (TPSA) is 81.1 Å². The lowest BCUT2D eigenvalue weighted by molar-refractivity contribution is 0.102. The Kier molecular flexibility index (Phi) is 4.87. The van der Waals surface area contributed by atoms with Crippen molar-refractivity contribution in [2.45, 2.75) is 5.75 Å². The molecule has 0 unspecified atom stereocenters. The van der Waals surface area contributed by atoms with E-state index in [1.807, 2.05) is 0 Å². The zero-order chi connectivity index (χ0) is 17.9. The molecule has 0 bridgehead atoms. The molecule has 1 N–H and O–H groups in total. The molecule has 0 saturated carbocycles. The first kappa shape index (κ1) is 17.2. The normalized spacial score (nSPS) is 11.2. The summed E-state index contributed by atoms with van der Waals surface area (Å²) in [4.78, 5) is 16.0. The molecule has 1 amide bonds. The van der Waals surface area contributed by atoms with Crippen molar-refractivity contribution in [3.8, 4) is 0 Å². The van der Waals surface area contributed by atoms with Gasteiger partial charge in [0.25, 0.3) is 5.91 Å². The van der Waals surface area contributed by atoms with Crippen LogP contribution in [-0.2, 0) is 15.8 Å². The standard InChI is InChI=1S/C17H14ClN3O3S/c18-14-6-4-13(5-7-14)12-25(23,24)21-10-8-15(11-21)20-17(22)16-3-1-2-9-19-16/h1-11H,12H2,(H,20,22). The average Bonchev–Trinajstić information content (AvgIpc) is 3.07. The summed E-state index contributed by atoms with van der Waals surface area (Å²) >= 11 is 5.80. The van der Waals surface area contributed by atoms with Crippen LogP contribution in [0.3, 0.4) is 0 Å². The first-order valence-electron chi connectivity index (χ1n) is 7.32. The van der Waals surface area contributed by atoms with Crippen molar-refractivity contribution in [2.24, 2.45) is 0 Å². The maximum absolute atomic E-state index is 12.5. The number of rotatable bonds is 5. The van der Waals surface area contributed by atoms with Crippen LogP contribution in [0.4, 0.5) is 5.69 Å². The summed E-state index contributed by atoms with van der Waals surface area (Å²) in [6.45, 7) is 0. The molecule has 25 heavy (non-hydrogen) atoms. The number of benzene rings is 1. The predicted octanol–water partition coefficient (Wildman–Crippen LogP) is 3.17. The molecule has 3 rings (SSSR count). The highest BCUT2D eigenvalue weighted by atomic mass is 35.5. The van der Waals surface area contributed by atoms with Gasteiger partial charge in [-0.15, -0.1) is 0 Å². The number of carbonyl (C=O) groups is 1. The molecule has 0 atom stereocenters. The Bertz CT molecular complexity index is 983.